The summed E-state index contributed by atoms with van der Waals surface area (Å²) in [7, 11) is 0. The standard InChI is InChI=1S/C11H17NO4/c1-8(4-5-13)6-12-7-9-2-3-10(16-9)11(14)15/h2-3,8,12-13H,4-7H2,1H3,(H,14,15). The Kier molecular flexibility index (Phi) is 5.01. The molecular weight excluding hydrogens is 210 g/mol. The topological polar surface area (TPSA) is 82.7 Å². The zero-order valence-electron chi connectivity index (χ0n) is 9.27. The van der Waals surface area contributed by atoms with E-state index in [2.05, 4.69) is 5.32 Å². The number of carboxylic acids is 1. The molecule has 0 bridgehead atoms. The van der Waals surface area contributed by atoms with Gasteiger partial charge in [-0.2, -0.15) is 0 Å². The van der Waals surface area contributed by atoms with Crippen LogP contribution in [-0.4, -0.2) is 29.3 Å². The van der Waals surface area contributed by atoms with Crippen molar-refractivity contribution in [2.24, 2.45) is 5.92 Å². The maximum Gasteiger partial charge on any atom is 0.371 e. The largest absolute Gasteiger partial charge is 0.475 e. The minimum absolute atomic E-state index is 0.0415. The van der Waals surface area contributed by atoms with Crippen LogP contribution >= 0.6 is 0 Å². The fourth-order valence-corrected chi connectivity index (χ4v) is 1.35. The van der Waals surface area contributed by atoms with Crippen LogP contribution in [0.5, 0.6) is 0 Å². The normalized spacial score (nSPS) is 12.6. The summed E-state index contributed by atoms with van der Waals surface area (Å²) in [4.78, 5) is 10.5. The van der Waals surface area contributed by atoms with Gasteiger partial charge in [0.15, 0.2) is 0 Å². The molecular formula is C11H17NO4. The molecule has 16 heavy (non-hydrogen) atoms. The number of nitrogens with one attached hydrogen (secondary N) is 1. The van der Waals surface area contributed by atoms with Gasteiger partial charge in [-0.05, 0) is 31.0 Å². The Labute approximate surface area is 94.1 Å². The van der Waals surface area contributed by atoms with Crippen molar-refractivity contribution in [1.29, 1.82) is 0 Å². The van der Waals surface area contributed by atoms with Gasteiger partial charge < -0.3 is 19.9 Å². The summed E-state index contributed by atoms with van der Waals surface area (Å²) >= 11 is 0. The Morgan fingerprint density at radius 1 is 1.56 bits per heavy atom. The lowest BCUT2D eigenvalue weighted by atomic mass is 10.1. The quantitative estimate of drug-likeness (QED) is 0.649. The molecule has 0 amide bonds. The third-order valence-corrected chi connectivity index (χ3v) is 2.29. The molecule has 1 unspecified atom stereocenters. The molecule has 0 spiro atoms. The molecule has 5 nitrogen and oxygen atoms in total. The number of carbonyl (C=O) groups is 1. The summed E-state index contributed by atoms with van der Waals surface area (Å²) in [6.45, 7) is 3.49. The summed E-state index contributed by atoms with van der Waals surface area (Å²) < 4.78 is 5.08. The number of carboxylic acid groups (broad SMARTS) is 1. The lowest BCUT2D eigenvalue weighted by molar-refractivity contribution is 0.0660. The summed E-state index contributed by atoms with van der Waals surface area (Å²) in [6, 6.07) is 3.09. The van der Waals surface area contributed by atoms with Crippen molar-refractivity contribution in [3.05, 3.63) is 23.7 Å². The van der Waals surface area contributed by atoms with E-state index in [1.165, 1.54) is 6.07 Å². The van der Waals surface area contributed by atoms with Gasteiger partial charge in [0.1, 0.15) is 5.76 Å². The maximum atomic E-state index is 10.5. The predicted molar refractivity (Wildman–Crippen MR) is 58.2 cm³/mol. The van der Waals surface area contributed by atoms with E-state index in [0.29, 0.717) is 18.2 Å². The highest BCUT2D eigenvalue weighted by Crippen LogP contribution is 2.07. The molecule has 1 aromatic rings. The molecule has 1 aromatic heterocycles. The highest BCUT2D eigenvalue weighted by Gasteiger charge is 2.08. The number of hydrogen-bond acceptors (Lipinski definition) is 4. The van der Waals surface area contributed by atoms with Gasteiger partial charge >= 0.3 is 5.97 Å². The van der Waals surface area contributed by atoms with Gasteiger partial charge in [0.25, 0.3) is 0 Å². The number of rotatable bonds is 7. The number of hydrogen-bond donors (Lipinski definition) is 3. The Morgan fingerprint density at radius 2 is 2.31 bits per heavy atom. The Bertz CT molecular complexity index is 334. The van der Waals surface area contributed by atoms with Gasteiger partial charge in [0.2, 0.25) is 5.76 Å². The lowest BCUT2D eigenvalue weighted by Crippen LogP contribution is -2.21. The van der Waals surface area contributed by atoms with Gasteiger partial charge in [-0.25, -0.2) is 4.79 Å². The Balaban J connectivity index is 2.29. The predicted octanol–water partition coefficient (Wildman–Crippen LogP) is 1.09. The minimum Gasteiger partial charge on any atom is -0.475 e. The molecule has 0 aliphatic carbocycles. The van der Waals surface area contributed by atoms with Crippen molar-refractivity contribution in [1.82, 2.24) is 5.32 Å². The fourth-order valence-electron chi connectivity index (χ4n) is 1.35. The van der Waals surface area contributed by atoms with E-state index in [-0.39, 0.29) is 12.4 Å². The number of aliphatic hydroxyl groups is 1. The minimum atomic E-state index is -1.06. The van der Waals surface area contributed by atoms with Crippen LogP contribution in [0.4, 0.5) is 0 Å². The van der Waals surface area contributed by atoms with Gasteiger partial charge in [-0.3, -0.25) is 0 Å². The maximum absolute atomic E-state index is 10.5. The van der Waals surface area contributed by atoms with Gasteiger partial charge in [-0.15, -0.1) is 0 Å². The number of aromatic carboxylic acids is 1. The fraction of sp³-hybridized carbons (Fsp3) is 0.545. The van der Waals surface area contributed by atoms with Crippen LogP contribution in [0.2, 0.25) is 0 Å². The first-order valence-electron chi connectivity index (χ1n) is 5.27. The smallest absolute Gasteiger partial charge is 0.371 e. The molecule has 0 aliphatic rings. The summed E-state index contributed by atoms with van der Waals surface area (Å²) in [5.41, 5.74) is 0. The van der Waals surface area contributed by atoms with Crippen LogP contribution in [0.3, 0.4) is 0 Å². The monoisotopic (exact) mass is 227 g/mol. The first-order valence-corrected chi connectivity index (χ1v) is 5.27. The van der Waals surface area contributed by atoms with Crippen molar-refractivity contribution >= 4 is 5.97 Å². The third-order valence-electron chi connectivity index (χ3n) is 2.29. The van der Waals surface area contributed by atoms with Crippen LogP contribution in [0.1, 0.15) is 29.7 Å². The molecule has 0 aromatic carbocycles. The molecule has 0 saturated heterocycles. The average molecular weight is 227 g/mol. The molecule has 0 saturated carbocycles. The van der Waals surface area contributed by atoms with E-state index in [0.717, 1.165) is 13.0 Å². The van der Waals surface area contributed by atoms with Gasteiger partial charge in [0.05, 0.1) is 6.54 Å². The van der Waals surface area contributed by atoms with E-state index in [9.17, 15) is 4.79 Å². The van der Waals surface area contributed by atoms with Crippen LogP contribution in [0, 0.1) is 5.92 Å². The number of aliphatic hydroxyl groups excluding tert-OH is 1. The van der Waals surface area contributed by atoms with E-state index in [1.807, 2.05) is 6.92 Å². The van der Waals surface area contributed by atoms with Crippen LogP contribution in [0.15, 0.2) is 16.5 Å². The molecule has 1 heterocycles. The zero-order valence-corrected chi connectivity index (χ0v) is 9.27. The SMILES string of the molecule is CC(CCO)CNCc1ccc(C(=O)O)o1. The Hall–Kier alpha value is -1.33. The summed E-state index contributed by atoms with van der Waals surface area (Å²) in [6.07, 6.45) is 0.755. The second kappa shape index (κ2) is 6.30. The second-order valence-electron chi connectivity index (χ2n) is 3.82. The van der Waals surface area contributed by atoms with Crippen molar-refractivity contribution < 1.29 is 19.4 Å². The second-order valence-corrected chi connectivity index (χ2v) is 3.82. The molecule has 0 radical (unpaired) electrons. The molecule has 5 heteroatoms. The summed E-state index contributed by atoms with van der Waals surface area (Å²) in [5, 5.41) is 20.5. The molecule has 3 N–H and O–H groups in total. The average Bonchev–Trinajstić information content (AvgIpc) is 2.67. The molecule has 1 atom stereocenters. The van der Waals surface area contributed by atoms with Gasteiger partial charge in [0, 0.05) is 6.61 Å². The van der Waals surface area contributed by atoms with Gasteiger partial charge in [-0.1, -0.05) is 6.92 Å². The molecule has 0 fully saturated rings. The molecule has 90 valence electrons. The molecule has 0 aliphatic heterocycles. The van der Waals surface area contributed by atoms with Crippen molar-refractivity contribution in [2.75, 3.05) is 13.2 Å². The highest BCUT2D eigenvalue weighted by molar-refractivity contribution is 5.84. The highest BCUT2D eigenvalue weighted by atomic mass is 16.4. The first kappa shape index (κ1) is 12.7. The first-order chi connectivity index (χ1) is 7.63. The zero-order chi connectivity index (χ0) is 12.0. The van der Waals surface area contributed by atoms with E-state index >= 15 is 0 Å². The van der Waals surface area contributed by atoms with E-state index in [1.54, 1.807) is 6.07 Å². The van der Waals surface area contributed by atoms with Crippen molar-refractivity contribution in [2.45, 2.75) is 19.9 Å². The Morgan fingerprint density at radius 3 is 2.88 bits per heavy atom. The van der Waals surface area contributed by atoms with Crippen molar-refractivity contribution in [3.8, 4) is 0 Å². The van der Waals surface area contributed by atoms with E-state index in [4.69, 9.17) is 14.6 Å². The number of furan rings is 1. The van der Waals surface area contributed by atoms with Crippen LogP contribution in [0.25, 0.3) is 0 Å². The lowest BCUT2D eigenvalue weighted by Gasteiger charge is -2.09. The van der Waals surface area contributed by atoms with E-state index < -0.39 is 5.97 Å². The summed E-state index contributed by atoms with van der Waals surface area (Å²) in [5.74, 6) is -0.104. The third kappa shape index (κ3) is 4.04. The molecule has 1 rings (SSSR count). The van der Waals surface area contributed by atoms with Crippen molar-refractivity contribution in [3.63, 3.8) is 0 Å². The van der Waals surface area contributed by atoms with Crippen LogP contribution in [-0.2, 0) is 6.54 Å². The van der Waals surface area contributed by atoms with Crippen LogP contribution < -0.4 is 5.32 Å².